The molecule has 3 rings (SSSR count). The largest absolute Gasteiger partial charge is 0.477 e. The molecule has 0 aliphatic carbocycles. The van der Waals surface area contributed by atoms with Gasteiger partial charge in [-0.2, -0.15) is 9.97 Å². The Morgan fingerprint density at radius 3 is 2.64 bits per heavy atom. The van der Waals surface area contributed by atoms with E-state index in [2.05, 4.69) is 36.5 Å². The van der Waals surface area contributed by atoms with Gasteiger partial charge in [0.05, 0.1) is 12.0 Å². The summed E-state index contributed by atoms with van der Waals surface area (Å²) < 4.78 is 19.4. The first-order valence-electron chi connectivity index (χ1n) is 11.5. The standard InChI is InChI=1S/C23H37ClN4O4Si/c1-16-12-28(22(29)32-23(2,3)4)13-17(16)14-31-20-18-8-9-27(19(18)25-21(24)26-20)15-30-10-11-33(5,6)7/h8-9,16-17H,10-15H2,1-7H3/t16-,17+/m0/s1. The van der Waals surface area contributed by atoms with Crippen LogP contribution >= 0.6 is 11.6 Å². The Bertz CT molecular complexity index is 970. The zero-order chi connectivity index (χ0) is 24.4. The second-order valence-electron chi connectivity index (χ2n) is 11.1. The molecule has 2 aromatic rings. The molecule has 0 bridgehead atoms. The predicted molar refractivity (Wildman–Crippen MR) is 133 cm³/mol. The zero-order valence-electron chi connectivity index (χ0n) is 20.9. The topological polar surface area (TPSA) is 78.7 Å². The number of nitrogens with zero attached hydrogens (tertiary/aromatic N) is 4. The smallest absolute Gasteiger partial charge is 0.410 e. The van der Waals surface area contributed by atoms with Crippen LogP contribution in [0.3, 0.4) is 0 Å². The predicted octanol–water partition coefficient (Wildman–Crippen LogP) is 5.28. The van der Waals surface area contributed by atoms with Gasteiger partial charge in [-0.25, -0.2) is 4.79 Å². The Morgan fingerprint density at radius 1 is 1.24 bits per heavy atom. The number of fused-ring (bicyclic) bond motifs is 1. The molecule has 1 amide bonds. The van der Waals surface area contributed by atoms with Crippen LogP contribution in [0.15, 0.2) is 12.3 Å². The molecular formula is C23H37ClN4O4Si. The van der Waals surface area contributed by atoms with Gasteiger partial charge in [0, 0.05) is 39.9 Å². The molecule has 0 radical (unpaired) electrons. The van der Waals surface area contributed by atoms with E-state index in [4.69, 9.17) is 25.8 Å². The van der Waals surface area contributed by atoms with Crippen molar-refractivity contribution in [1.29, 1.82) is 0 Å². The molecule has 2 aromatic heterocycles. The van der Waals surface area contributed by atoms with Crippen LogP contribution in [0.4, 0.5) is 4.79 Å². The van der Waals surface area contributed by atoms with E-state index < -0.39 is 13.7 Å². The van der Waals surface area contributed by atoms with Crippen molar-refractivity contribution in [3.63, 3.8) is 0 Å². The van der Waals surface area contributed by atoms with Gasteiger partial charge >= 0.3 is 6.09 Å². The highest BCUT2D eigenvalue weighted by molar-refractivity contribution is 6.76. The first kappa shape index (κ1) is 25.8. The van der Waals surface area contributed by atoms with Gasteiger partial charge in [-0.15, -0.1) is 0 Å². The van der Waals surface area contributed by atoms with Crippen molar-refractivity contribution in [3.05, 3.63) is 17.5 Å². The van der Waals surface area contributed by atoms with E-state index in [0.717, 1.165) is 18.0 Å². The lowest BCUT2D eigenvalue weighted by Gasteiger charge is -2.24. The normalized spacial score (nSPS) is 19.3. The number of ether oxygens (including phenoxy) is 3. The van der Waals surface area contributed by atoms with Gasteiger partial charge in [-0.05, 0) is 50.4 Å². The Morgan fingerprint density at radius 2 is 1.97 bits per heavy atom. The number of carbonyl (C=O) groups excluding carboxylic acids is 1. The Kier molecular flexibility index (Phi) is 7.96. The molecule has 1 aliphatic rings. The van der Waals surface area contributed by atoms with Crippen LogP contribution in [0.1, 0.15) is 27.7 Å². The maximum Gasteiger partial charge on any atom is 0.410 e. The van der Waals surface area contributed by atoms with Crippen LogP contribution in [-0.2, 0) is 16.2 Å². The van der Waals surface area contributed by atoms with Gasteiger partial charge in [0.1, 0.15) is 12.3 Å². The number of halogens is 1. The number of hydrogen-bond donors (Lipinski definition) is 0. The summed E-state index contributed by atoms with van der Waals surface area (Å²) in [6, 6.07) is 3.03. The summed E-state index contributed by atoms with van der Waals surface area (Å²) in [6.07, 6.45) is 1.63. The van der Waals surface area contributed by atoms with Crippen molar-refractivity contribution in [3.8, 4) is 5.88 Å². The molecule has 184 valence electrons. The molecule has 0 spiro atoms. The SMILES string of the molecule is C[C@H]1CN(C(=O)OC(C)(C)C)C[C@@H]1COc1nc(Cl)nc2c1ccn2COCC[Si](C)(C)C. The van der Waals surface area contributed by atoms with Crippen LogP contribution < -0.4 is 4.74 Å². The average Bonchev–Trinajstić information content (AvgIpc) is 3.25. The quantitative estimate of drug-likeness (QED) is 0.281. The fraction of sp³-hybridized carbons (Fsp3) is 0.696. The first-order valence-corrected chi connectivity index (χ1v) is 15.6. The third kappa shape index (κ3) is 7.32. The highest BCUT2D eigenvalue weighted by Gasteiger charge is 2.35. The van der Waals surface area contributed by atoms with Crippen molar-refractivity contribution in [2.75, 3.05) is 26.3 Å². The number of carbonyl (C=O) groups is 1. The van der Waals surface area contributed by atoms with Gasteiger partial charge in [-0.3, -0.25) is 0 Å². The maximum absolute atomic E-state index is 12.4. The van der Waals surface area contributed by atoms with Gasteiger partial charge < -0.3 is 23.7 Å². The molecule has 3 heterocycles. The molecule has 0 saturated carbocycles. The summed E-state index contributed by atoms with van der Waals surface area (Å²) in [5.41, 5.74) is 0.178. The van der Waals surface area contributed by atoms with E-state index in [1.54, 1.807) is 4.90 Å². The molecule has 0 N–H and O–H groups in total. The van der Waals surface area contributed by atoms with E-state index >= 15 is 0 Å². The third-order valence-electron chi connectivity index (χ3n) is 5.64. The molecule has 2 atom stereocenters. The van der Waals surface area contributed by atoms with E-state index in [1.807, 2.05) is 37.6 Å². The molecule has 1 fully saturated rings. The number of hydrogen-bond acceptors (Lipinski definition) is 6. The Labute approximate surface area is 202 Å². The molecule has 0 unspecified atom stereocenters. The fourth-order valence-corrected chi connectivity index (χ4v) is 4.59. The molecule has 0 aromatic carbocycles. The third-order valence-corrected chi connectivity index (χ3v) is 7.51. The second-order valence-corrected chi connectivity index (χ2v) is 17.1. The molecule has 1 aliphatic heterocycles. The minimum absolute atomic E-state index is 0.134. The van der Waals surface area contributed by atoms with E-state index in [9.17, 15) is 4.79 Å². The van der Waals surface area contributed by atoms with Crippen LogP contribution in [0.25, 0.3) is 11.0 Å². The van der Waals surface area contributed by atoms with Crippen molar-refractivity contribution >= 4 is 36.8 Å². The summed E-state index contributed by atoms with van der Waals surface area (Å²) >= 11 is 6.20. The minimum atomic E-state index is -1.14. The van der Waals surface area contributed by atoms with Crippen LogP contribution in [0, 0.1) is 11.8 Å². The highest BCUT2D eigenvalue weighted by Crippen LogP contribution is 2.29. The Balaban J connectivity index is 1.62. The van der Waals surface area contributed by atoms with E-state index in [1.165, 1.54) is 0 Å². The van der Waals surface area contributed by atoms with Gasteiger partial charge in [0.2, 0.25) is 11.2 Å². The van der Waals surface area contributed by atoms with Crippen LogP contribution in [0.5, 0.6) is 5.88 Å². The summed E-state index contributed by atoms with van der Waals surface area (Å²) in [4.78, 5) is 22.9. The molecular weight excluding hydrogens is 460 g/mol. The van der Waals surface area contributed by atoms with Crippen molar-refractivity contribution in [2.45, 2.75) is 65.7 Å². The number of amides is 1. The van der Waals surface area contributed by atoms with Gasteiger partial charge in [0.25, 0.3) is 0 Å². The monoisotopic (exact) mass is 496 g/mol. The minimum Gasteiger partial charge on any atom is -0.477 e. The summed E-state index contributed by atoms with van der Waals surface area (Å²) in [7, 11) is -1.14. The Hall–Kier alpha value is -1.84. The summed E-state index contributed by atoms with van der Waals surface area (Å²) in [5.74, 6) is 0.914. The second kappa shape index (κ2) is 10.2. The maximum atomic E-state index is 12.4. The van der Waals surface area contributed by atoms with Crippen molar-refractivity contribution in [1.82, 2.24) is 19.4 Å². The van der Waals surface area contributed by atoms with E-state index in [0.29, 0.717) is 38.0 Å². The number of rotatable bonds is 8. The molecule has 1 saturated heterocycles. The lowest BCUT2D eigenvalue weighted by molar-refractivity contribution is 0.0282. The number of aromatic nitrogens is 3. The summed E-state index contributed by atoms with van der Waals surface area (Å²) in [5, 5.41) is 0.928. The van der Waals surface area contributed by atoms with Crippen LogP contribution in [-0.4, -0.2) is 65.5 Å². The molecule has 10 heteroatoms. The van der Waals surface area contributed by atoms with Crippen LogP contribution in [0.2, 0.25) is 31.0 Å². The summed E-state index contributed by atoms with van der Waals surface area (Å²) in [6.45, 7) is 17.5. The number of likely N-dealkylation sites (tertiary alicyclic amines) is 1. The van der Waals surface area contributed by atoms with Crippen molar-refractivity contribution < 1.29 is 19.0 Å². The van der Waals surface area contributed by atoms with Crippen molar-refractivity contribution in [2.24, 2.45) is 11.8 Å². The average molecular weight is 497 g/mol. The van der Waals surface area contributed by atoms with Gasteiger partial charge in [-0.1, -0.05) is 26.6 Å². The zero-order valence-corrected chi connectivity index (χ0v) is 22.6. The van der Waals surface area contributed by atoms with Gasteiger partial charge in [0.15, 0.2) is 5.65 Å². The lowest BCUT2D eigenvalue weighted by atomic mass is 9.99. The fourth-order valence-electron chi connectivity index (χ4n) is 3.68. The van der Waals surface area contributed by atoms with E-state index in [-0.39, 0.29) is 23.2 Å². The highest BCUT2D eigenvalue weighted by atomic mass is 35.5. The first-order chi connectivity index (χ1) is 15.3. The lowest BCUT2D eigenvalue weighted by Crippen LogP contribution is -2.35. The molecule has 8 nitrogen and oxygen atoms in total. The molecule has 33 heavy (non-hydrogen) atoms.